The Labute approximate surface area is 130 Å². The summed E-state index contributed by atoms with van der Waals surface area (Å²) in [5.74, 6) is -0.140. The molecule has 21 heavy (non-hydrogen) atoms. The largest absolute Gasteiger partial charge is 0.469 e. The maximum absolute atomic E-state index is 10.9. The fourth-order valence-electron chi connectivity index (χ4n) is 1.75. The molecule has 0 bridgehead atoms. The first-order chi connectivity index (χ1) is 10.3. The van der Waals surface area contributed by atoms with E-state index in [2.05, 4.69) is 60.3 Å². The van der Waals surface area contributed by atoms with E-state index in [9.17, 15) is 4.79 Å². The van der Waals surface area contributed by atoms with Gasteiger partial charge in [0.25, 0.3) is 0 Å². The third kappa shape index (κ3) is 16.4. The van der Waals surface area contributed by atoms with Gasteiger partial charge in [-0.05, 0) is 51.9 Å². The lowest BCUT2D eigenvalue weighted by molar-refractivity contribution is -0.140. The molecule has 0 heterocycles. The molecule has 0 atom stereocenters. The topological polar surface area (TPSA) is 26.3 Å². The van der Waals surface area contributed by atoms with E-state index in [0.29, 0.717) is 6.42 Å². The first-order valence-corrected chi connectivity index (χ1v) is 7.94. The minimum atomic E-state index is -0.140. The summed E-state index contributed by atoms with van der Waals surface area (Å²) in [4.78, 5) is 10.9. The lowest BCUT2D eigenvalue weighted by atomic mass is 10.2. The minimum absolute atomic E-state index is 0.140. The molecule has 0 fully saturated rings. The SMILES string of the molecule is C/C=C\CC/C=C\CC/C=C\CC/C=C\CCC(=O)OC. The lowest BCUT2D eigenvalue weighted by Crippen LogP contribution is -1.97. The molecule has 0 amide bonds. The van der Waals surface area contributed by atoms with E-state index in [1.807, 2.05) is 0 Å². The molecule has 0 saturated carbocycles. The first-order valence-electron chi connectivity index (χ1n) is 7.94. The molecule has 2 heteroatoms. The predicted octanol–water partition coefficient (Wildman–Crippen LogP) is 5.52. The van der Waals surface area contributed by atoms with Crippen LogP contribution in [0.1, 0.15) is 58.3 Å². The van der Waals surface area contributed by atoms with Gasteiger partial charge >= 0.3 is 5.97 Å². The van der Waals surface area contributed by atoms with Gasteiger partial charge in [0, 0.05) is 6.42 Å². The molecule has 0 aromatic rings. The monoisotopic (exact) mass is 290 g/mol. The average Bonchev–Trinajstić information content (AvgIpc) is 2.50. The molecule has 0 aliphatic heterocycles. The van der Waals surface area contributed by atoms with Gasteiger partial charge in [-0.25, -0.2) is 0 Å². The third-order valence-corrected chi connectivity index (χ3v) is 2.98. The number of allylic oxidation sites excluding steroid dienone is 8. The van der Waals surface area contributed by atoms with Gasteiger partial charge in [-0.1, -0.05) is 48.6 Å². The van der Waals surface area contributed by atoms with Gasteiger partial charge in [0.15, 0.2) is 0 Å². The summed E-state index contributed by atoms with van der Waals surface area (Å²) in [7, 11) is 1.42. The Morgan fingerprint density at radius 3 is 1.48 bits per heavy atom. The first kappa shape index (κ1) is 19.4. The molecular formula is C19H30O2. The van der Waals surface area contributed by atoms with Gasteiger partial charge < -0.3 is 4.74 Å². The van der Waals surface area contributed by atoms with Crippen LogP contribution in [0.25, 0.3) is 0 Å². The van der Waals surface area contributed by atoms with Gasteiger partial charge in [-0.2, -0.15) is 0 Å². The standard InChI is InChI=1S/C19H30O2/c1-3-4-5-6-7-8-9-10-11-12-13-14-15-16-17-18-19(20)21-2/h3-4,7-8,11-12,15-16H,5-6,9-10,13-14,17-18H2,1-2H3/b4-3-,8-7-,12-11-,16-15-. The zero-order valence-corrected chi connectivity index (χ0v) is 13.6. The number of carbonyl (C=O) groups is 1. The highest BCUT2D eigenvalue weighted by Gasteiger charge is 1.95. The van der Waals surface area contributed by atoms with Crippen molar-refractivity contribution in [1.82, 2.24) is 0 Å². The fraction of sp³-hybridized carbons (Fsp3) is 0.526. The Hall–Kier alpha value is -1.57. The number of hydrogen-bond donors (Lipinski definition) is 0. The van der Waals surface area contributed by atoms with Crippen LogP contribution in [0.2, 0.25) is 0 Å². The number of methoxy groups -OCH3 is 1. The number of ether oxygens (including phenoxy) is 1. The van der Waals surface area contributed by atoms with Crippen LogP contribution in [0.4, 0.5) is 0 Å². The van der Waals surface area contributed by atoms with Crippen LogP contribution in [0, 0.1) is 0 Å². The molecule has 2 nitrogen and oxygen atoms in total. The Morgan fingerprint density at radius 1 is 0.714 bits per heavy atom. The van der Waals surface area contributed by atoms with E-state index in [1.54, 1.807) is 0 Å². The molecule has 0 aliphatic rings. The van der Waals surface area contributed by atoms with Gasteiger partial charge in [-0.3, -0.25) is 4.79 Å². The summed E-state index contributed by atoms with van der Waals surface area (Å²) < 4.78 is 4.58. The normalized spacial score (nSPS) is 12.3. The van der Waals surface area contributed by atoms with Crippen molar-refractivity contribution in [3.63, 3.8) is 0 Å². The Morgan fingerprint density at radius 2 is 1.10 bits per heavy atom. The van der Waals surface area contributed by atoms with Crippen molar-refractivity contribution in [2.24, 2.45) is 0 Å². The van der Waals surface area contributed by atoms with Crippen LogP contribution in [-0.4, -0.2) is 13.1 Å². The van der Waals surface area contributed by atoms with Gasteiger partial charge in [0.1, 0.15) is 0 Å². The van der Waals surface area contributed by atoms with Crippen LogP contribution in [0.3, 0.4) is 0 Å². The van der Waals surface area contributed by atoms with E-state index in [1.165, 1.54) is 7.11 Å². The second kappa shape index (κ2) is 16.5. The number of hydrogen-bond acceptors (Lipinski definition) is 2. The molecule has 118 valence electrons. The number of rotatable bonds is 12. The summed E-state index contributed by atoms with van der Waals surface area (Å²) in [5.41, 5.74) is 0. The van der Waals surface area contributed by atoms with E-state index in [0.717, 1.165) is 44.9 Å². The number of carbonyl (C=O) groups excluding carboxylic acids is 1. The fourth-order valence-corrected chi connectivity index (χ4v) is 1.75. The Balaban J connectivity index is 3.36. The lowest BCUT2D eigenvalue weighted by Gasteiger charge is -1.93. The molecule has 0 spiro atoms. The molecular weight excluding hydrogens is 260 g/mol. The van der Waals surface area contributed by atoms with Crippen molar-refractivity contribution in [3.8, 4) is 0 Å². The zero-order valence-electron chi connectivity index (χ0n) is 13.6. The van der Waals surface area contributed by atoms with Crippen molar-refractivity contribution in [2.45, 2.75) is 58.3 Å². The van der Waals surface area contributed by atoms with Gasteiger partial charge in [-0.15, -0.1) is 0 Å². The van der Waals surface area contributed by atoms with Crippen molar-refractivity contribution in [3.05, 3.63) is 48.6 Å². The zero-order chi connectivity index (χ0) is 15.6. The molecule has 0 radical (unpaired) electrons. The summed E-state index contributed by atoms with van der Waals surface area (Å²) in [6.45, 7) is 2.06. The van der Waals surface area contributed by atoms with E-state index in [4.69, 9.17) is 0 Å². The van der Waals surface area contributed by atoms with Gasteiger partial charge in [0.05, 0.1) is 7.11 Å². The van der Waals surface area contributed by atoms with E-state index < -0.39 is 0 Å². The van der Waals surface area contributed by atoms with Gasteiger partial charge in [0.2, 0.25) is 0 Å². The molecule has 0 aromatic carbocycles. The van der Waals surface area contributed by atoms with Crippen LogP contribution < -0.4 is 0 Å². The minimum Gasteiger partial charge on any atom is -0.469 e. The summed E-state index contributed by atoms with van der Waals surface area (Å²) in [6, 6.07) is 0. The van der Waals surface area contributed by atoms with Crippen molar-refractivity contribution < 1.29 is 9.53 Å². The highest BCUT2D eigenvalue weighted by atomic mass is 16.5. The van der Waals surface area contributed by atoms with Crippen LogP contribution in [-0.2, 0) is 9.53 Å². The summed E-state index contributed by atoms with van der Waals surface area (Å²) in [5, 5.41) is 0. The van der Waals surface area contributed by atoms with Crippen molar-refractivity contribution in [1.29, 1.82) is 0 Å². The average molecular weight is 290 g/mol. The predicted molar refractivity (Wildman–Crippen MR) is 91.2 cm³/mol. The maximum Gasteiger partial charge on any atom is 0.305 e. The second-order valence-corrected chi connectivity index (χ2v) is 4.83. The molecule has 0 N–H and O–H groups in total. The highest BCUT2D eigenvalue weighted by Crippen LogP contribution is 2.01. The van der Waals surface area contributed by atoms with Crippen LogP contribution >= 0.6 is 0 Å². The third-order valence-electron chi connectivity index (χ3n) is 2.98. The second-order valence-electron chi connectivity index (χ2n) is 4.83. The highest BCUT2D eigenvalue weighted by molar-refractivity contribution is 5.69. The number of esters is 1. The molecule has 0 aliphatic carbocycles. The molecule has 0 aromatic heterocycles. The van der Waals surface area contributed by atoms with Crippen molar-refractivity contribution >= 4 is 5.97 Å². The smallest absolute Gasteiger partial charge is 0.305 e. The van der Waals surface area contributed by atoms with E-state index in [-0.39, 0.29) is 5.97 Å². The van der Waals surface area contributed by atoms with E-state index >= 15 is 0 Å². The molecule has 0 unspecified atom stereocenters. The maximum atomic E-state index is 10.9. The van der Waals surface area contributed by atoms with Crippen LogP contribution in [0.15, 0.2) is 48.6 Å². The Bertz CT molecular complexity index is 349. The summed E-state index contributed by atoms with van der Waals surface area (Å²) >= 11 is 0. The quantitative estimate of drug-likeness (QED) is 0.268. The Kier molecular flexibility index (Phi) is 15.3. The molecule has 0 rings (SSSR count). The number of unbranched alkanes of at least 4 members (excludes halogenated alkanes) is 3. The molecule has 0 saturated heterocycles. The van der Waals surface area contributed by atoms with Crippen LogP contribution in [0.5, 0.6) is 0 Å². The van der Waals surface area contributed by atoms with Crippen molar-refractivity contribution in [2.75, 3.05) is 7.11 Å². The summed E-state index contributed by atoms with van der Waals surface area (Å²) in [6.07, 6.45) is 25.4.